The zero-order chi connectivity index (χ0) is 13.8. The highest BCUT2D eigenvalue weighted by atomic mass is 32.1. The number of hydrogen-bond donors (Lipinski definition) is 1. The summed E-state index contributed by atoms with van der Waals surface area (Å²) in [5, 5.41) is 5.56. The summed E-state index contributed by atoms with van der Waals surface area (Å²) < 4.78 is 10.9. The third kappa shape index (κ3) is 3.05. The van der Waals surface area contributed by atoms with Crippen molar-refractivity contribution in [2.75, 3.05) is 19.8 Å². The summed E-state index contributed by atoms with van der Waals surface area (Å²) in [6, 6.07) is 1.89. The molecule has 0 saturated carbocycles. The molecule has 1 N–H and O–H groups in total. The van der Waals surface area contributed by atoms with Gasteiger partial charge in [0.2, 0.25) is 5.88 Å². The first-order valence-corrected chi connectivity index (χ1v) is 7.40. The molecular formula is C13H15N3O3S. The fraction of sp³-hybridized carbons (Fsp3) is 0.462. The molecule has 1 fully saturated rings. The highest BCUT2D eigenvalue weighted by Gasteiger charge is 2.16. The Kier molecular flexibility index (Phi) is 4.08. The van der Waals surface area contributed by atoms with Gasteiger partial charge in [-0.1, -0.05) is 0 Å². The highest BCUT2D eigenvalue weighted by Crippen LogP contribution is 2.25. The van der Waals surface area contributed by atoms with Crippen molar-refractivity contribution in [2.24, 2.45) is 0 Å². The molecule has 0 unspecified atom stereocenters. The van der Waals surface area contributed by atoms with Gasteiger partial charge < -0.3 is 14.8 Å². The number of aromatic nitrogens is 2. The minimum absolute atomic E-state index is 0.0469. The van der Waals surface area contributed by atoms with Crippen molar-refractivity contribution in [3.63, 3.8) is 0 Å². The van der Waals surface area contributed by atoms with Crippen LogP contribution in [0.3, 0.4) is 0 Å². The summed E-state index contributed by atoms with van der Waals surface area (Å²) in [6.07, 6.45) is 3.65. The van der Waals surface area contributed by atoms with E-state index in [1.807, 2.05) is 11.4 Å². The van der Waals surface area contributed by atoms with E-state index in [9.17, 15) is 4.79 Å². The summed E-state index contributed by atoms with van der Waals surface area (Å²) in [5.74, 6) is 0.283. The second-order valence-electron chi connectivity index (χ2n) is 4.55. The Morgan fingerprint density at radius 1 is 1.55 bits per heavy atom. The molecule has 2 aromatic rings. The average Bonchev–Trinajstić information content (AvgIpc) is 3.13. The van der Waals surface area contributed by atoms with E-state index in [0.29, 0.717) is 12.4 Å². The number of carbonyl (C=O) groups is 1. The minimum Gasteiger partial charge on any atom is -0.467 e. The first-order valence-electron chi connectivity index (χ1n) is 6.52. The predicted octanol–water partition coefficient (Wildman–Crippen LogP) is 1.37. The maximum atomic E-state index is 11.7. The van der Waals surface area contributed by atoms with Crippen LogP contribution in [0.25, 0.3) is 10.2 Å². The average molecular weight is 293 g/mol. The van der Waals surface area contributed by atoms with Crippen molar-refractivity contribution in [1.82, 2.24) is 15.3 Å². The van der Waals surface area contributed by atoms with Gasteiger partial charge in [-0.05, 0) is 24.3 Å². The molecule has 6 nitrogen and oxygen atoms in total. The lowest BCUT2D eigenvalue weighted by atomic mass is 10.2. The van der Waals surface area contributed by atoms with Crippen LogP contribution in [0.2, 0.25) is 0 Å². The van der Waals surface area contributed by atoms with Crippen LogP contribution in [0, 0.1) is 0 Å². The standard InChI is InChI=1S/C13H15N3O3S/c17-11(14-6-9-2-1-4-18-9)7-19-12-10-3-5-20-13(10)16-8-15-12/h3,5,8-9H,1-2,4,6-7H2,(H,14,17)/t9-/m0/s1. The van der Waals surface area contributed by atoms with E-state index in [2.05, 4.69) is 15.3 Å². The van der Waals surface area contributed by atoms with Crippen LogP contribution in [-0.2, 0) is 9.53 Å². The van der Waals surface area contributed by atoms with Crippen LogP contribution in [0.1, 0.15) is 12.8 Å². The van der Waals surface area contributed by atoms with E-state index in [1.165, 1.54) is 17.7 Å². The Labute approximate surface area is 120 Å². The maximum Gasteiger partial charge on any atom is 0.258 e. The third-order valence-electron chi connectivity index (χ3n) is 3.12. The number of nitrogens with zero attached hydrogens (tertiary/aromatic N) is 2. The Morgan fingerprint density at radius 3 is 3.35 bits per heavy atom. The third-order valence-corrected chi connectivity index (χ3v) is 3.94. The molecule has 0 radical (unpaired) electrons. The van der Waals surface area contributed by atoms with Crippen molar-refractivity contribution in [3.8, 4) is 5.88 Å². The van der Waals surface area contributed by atoms with Crippen molar-refractivity contribution in [3.05, 3.63) is 17.8 Å². The zero-order valence-electron chi connectivity index (χ0n) is 10.9. The molecule has 0 spiro atoms. The lowest BCUT2D eigenvalue weighted by Crippen LogP contribution is -2.35. The molecule has 20 heavy (non-hydrogen) atoms. The van der Waals surface area contributed by atoms with Gasteiger partial charge in [-0.3, -0.25) is 4.79 Å². The first-order chi connectivity index (χ1) is 9.83. The molecule has 1 atom stereocenters. The minimum atomic E-state index is -0.164. The molecule has 1 saturated heterocycles. The zero-order valence-corrected chi connectivity index (χ0v) is 11.7. The van der Waals surface area contributed by atoms with Crippen LogP contribution < -0.4 is 10.1 Å². The van der Waals surface area contributed by atoms with Gasteiger partial charge in [-0.2, -0.15) is 0 Å². The number of ether oxygens (including phenoxy) is 2. The predicted molar refractivity (Wildman–Crippen MR) is 74.9 cm³/mol. The molecule has 7 heteroatoms. The normalized spacial score (nSPS) is 18.3. The molecular weight excluding hydrogens is 278 g/mol. The van der Waals surface area contributed by atoms with Crippen molar-refractivity contribution in [2.45, 2.75) is 18.9 Å². The van der Waals surface area contributed by atoms with E-state index in [-0.39, 0.29) is 18.6 Å². The van der Waals surface area contributed by atoms with Gasteiger partial charge in [-0.15, -0.1) is 11.3 Å². The lowest BCUT2D eigenvalue weighted by molar-refractivity contribution is -0.123. The molecule has 1 aliphatic heterocycles. The molecule has 0 aromatic carbocycles. The number of hydrogen-bond acceptors (Lipinski definition) is 6. The van der Waals surface area contributed by atoms with Gasteiger partial charge in [-0.25, -0.2) is 9.97 Å². The van der Waals surface area contributed by atoms with E-state index in [4.69, 9.17) is 9.47 Å². The van der Waals surface area contributed by atoms with Crippen molar-refractivity contribution < 1.29 is 14.3 Å². The number of nitrogens with one attached hydrogen (secondary N) is 1. The summed E-state index contributed by atoms with van der Waals surface area (Å²) in [7, 11) is 0. The molecule has 1 aliphatic rings. The fourth-order valence-electron chi connectivity index (χ4n) is 2.10. The highest BCUT2D eigenvalue weighted by molar-refractivity contribution is 7.16. The summed E-state index contributed by atoms with van der Waals surface area (Å²) >= 11 is 1.51. The lowest BCUT2D eigenvalue weighted by Gasteiger charge is -2.11. The Hall–Kier alpha value is -1.73. The quantitative estimate of drug-likeness (QED) is 0.901. The van der Waals surface area contributed by atoms with E-state index < -0.39 is 0 Å². The van der Waals surface area contributed by atoms with Crippen LogP contribution in [0.15, 0.2) is 17.8 Å². The summed E-state index contributed by atoms with van der Waals surface area (Å²) in [5.41, 5.74) is 0. The number of rotatable bonds is 5. The van der Waals surface area contributed by atoms with Crippen LogP contribution in [0.4, 0.5) is 0 Å². The Morgan fingerprint density at radius 2 is 2.50 bits per heavy atom. The van der Waals surface area contributed by atoms with Gasteiger partial charge in [0.1, 0.15) is 11.2 Å². The van der Waals surface area contributed by atoms with E-state index in [0.717, 1.165) is 29.7 Å². The summed E-state index contributed by atoms with van der Waals surface area (Å²) in [4.78, 5) is 20.8. The first kappa shape index (κ1) is 13.3. The SMILES string of the molecule is O=C(COc1ncnc2sccc12)NC[C@@H]1CCCO1. The largest absolute Gasteiger partial charge is 0.467 e. The number of thiophene rings is 1. The molecule has 3 rings (SSSR count). The van der Waals surface area contributed by atoms with Gasteiger partial charge in [0.05, 0.1) is 11.5 Å². The smallest absolute Gasteiger partial charge is 0.258 e. The van der Waals surface area contributed by atoms with Gasteiger partial charge in [0.25, 0.3) is 5.91 Å². The molecule has 0 aliphatic carbocycles. The van der Waals surface area contributed by atoms with Gasteiger partial charge in [0.15, 0.2) is 6.61 Å². The molecule has 1 amide bonds. The Bertz CT molecular complexity index is 595. The number of fused-ring (bicyclic) bond motifs is 1. The van der Waals surface area contributed by atoms with Crippen molar-refractivity contribution in [1.29, 1.82) is 0 Å². The van der Waals surface area contributed by atoms with E-state index in [1.54, 1.807) is 0 Å². The maximum absolute atomic E-state index is 11.7. The van der Waals surface area contributed by atoms with Gasteiger partial charge in [0, 0.05) is 13.2 Å². The topological polar surface area (TPSA) is 73.3 Å². The second kappa shape index (κ2) is 6.15. The Balaban J connectivity index is 1.51. The molecule has 106 valence electrons. The fourth-order valence-corrected chi connectivity index (χ4v) is 2.82. The second-order valence-corrected chi connectivity index (χ2v) is 5.44. The monoisotopic (exact) mass is 293 g/mol. The van der Waals surface area contributed by atoms with Crippen LogP contribution in [-0.4, -0.2) is 41.7 Å². The molecule has 0 bridgehead atoms. The molecule has 3 heterocycles. The van der Waals surface area contributed by atoms with Crippen LogP contribution >= 0.6 is 11.3 Å². The van der Waals surface area contributed by atoms with Crippen molar-refractivity contribution >= 4 is 27.5 Å². The number of carbonyl (C=O) groups excluding carboxylic acids is 1. The van der Waals surface area contributed by atoms with E-state index >= 15 is 0 Å². The van der Waals surface area contributed by atoms with Gasteiger partial charge >= 0.3 is 0 Å². The number of amides is 1. The van der Waals surface area contributed by atoms with Crippen LogP contribution in [0.5, 0.6) is 5.88 Å². The molecule has 2 aromatic heterocycles. The summed E-state index contributed by atoms with van der Waals surface area (Å²) in [6.45, 7) is 1.28.